The van der Waals surface area contributed by atoms with E-state index in [0.29, 0.717) is 25.1 Å². The maximum Gasteiger partial charge on any atom is 0.396 e. The molecule has 0 atom stereocenters. The molecule has 26 heavy (non-hydrogen) atoms. The number of nitrogens with two attached hydrogens (primary N) is 1. The molecule has 1 aromatic rings. The Bertz CT molecular complexity index is 637. The van der Waals surface area contributed by atoms with Gasteiger partial charge in [0, 0.05) is 18.5 Å². The van der Waals surface area contributed by atoms with E-state index in [1.807, 2.05) is 12.1 Å². The fraction of sp³-hybridized carbons (Fsp3) is 0.500. The van der Waals surface area contributed by atoms with Crippen LogP contribution >= 0.6 is 0 Å². The number of amides is 1. The van der Waals surface area contributed by atoms with Crippen molar-refractivity contribution >= 4 is 27.7 Å². The molecule has 3 N–H and O–H groups in total. The number of nitrogen functional groups attached to an aromatic ring is 1. The molecule has 0 unspecified atom stereocenters. The standard InChI is InChI=1S/C15H22N2O4.CH4O3S/c1-2-20-15(19)14(18)17-10-4-3-5-11-21-13-8-6-12(16)7-9-13;1-5(2,3)4/h6-9H,2-5,10-11,16H2,1H3,(H,17,18);1H3,(H,2,3,4)/p-1. The van der Waals surface area contributed by atoms with Crippen LogP contribution in [0.3, 0.4) is 0 Å². The van der Waals surface area contributed by atoms with Gasteiger partial charge in [-0.05, 0) is 50.5 Å². The normalized spacial score (nSPS) is 10.3. The van der Waals surface area contributed by atoms with Gasteiger partial charge < -0.3 is 25.1 Å². The van der Waals surface area contributed by atoms with Crippen molar-refractivity contribution in [1.82, 2.24) is 5.32 Å². The van der Waals surface area contributed by atoms with Crippen molar-refractivity contribution in [3.63, 3.8) is 0 Å². The van der Waals surface area contributed by atoms with Gasteiger partial charge in [-0.25, -0.2) is 13.2 Å². The summed E-state index contributed by atoms with van der Waals surface area (Å²) in [5, 5.41) is 2.51. The fourth-order valence-electron chi connectivity index (χ4n) is 1.63. The van der Waals surface area contributed by atoms with E-state index < -0.39 is 22.0 Å². The molecule has 0 saturated heterocycles. The smallest absolute Gasteiger partial charge is 0.396 e. The molecule has 1 amide bonds. The van der Waals surface area contributed by atoms with Crippen LogP contribution in [0.25, 0.3) is 0 Å². The summed E-state index contributed by atoms with van der Waals surface area (Å²) in [6.45, 7) is 2.93. The van der Waals surface area contributed by atoms with Crippen LogP contribution in [0.2, 0.25) is 0 Å². The summed E-state index contributed by atoms with van der Waals surface area (Å²) in [7, 11) is -3.92. The summed E-state index contributed by atoms with van der Waals surface area (Å²) in [5.41, 5.74) is 6.29. The van der Waals surface area contributed by atoms with Gasteiger partial charge in [0.1, 0.15) is 5.75 Å². The first-order valence-corrected chi connectivity index (χ1v) is 9.79. The van der Waals surface area contributed by atoms with Crippen molar-refractivity contribution in [3.8, 4) is 5.75 Å². The topological polar surface area (TPSA) is 148 Å². The van der Waals surface area contributed by atoms with Crippen LogP contribution in [0.15, 0.2) is 24.3 Å². The highest BCUT2D eigenvalue weighted by molar-refractivity contribution is 7.84. The van der Waals surface area contributed by atoms with Crippen molar-refractivity contribution < 1.29 is 32.0 Å². The quantitative estimate of drug-likeness (QED) is 0.216. The lowest BCUT2D eigenvalue weighted by molar-refractivity contribution is -0.154. The monoisotopic (exact) mass is 389 g/mol. The summed E-state index contributed by atoms with van der Waals surface area (Å²) in [6.07, 6.45) is 3.17. The number of ether oxygens (including phenoxy) is 2. The summed E-state index contributed by atoms with van der Waals surface area (Å²) in [6, 6.07) is 7.24. The molecule has 0 aliphatic carbocycles. The van der Waals surface area contributed by atoms with E-state index in [4.69, 9.17) is 23.4 Å². The van der Waals surface area contributed by atoms with Gasteiger partial charge in [0.15, 0.2) is 0 Å². The molecule has 0 aliphatic rings. The van der Waals surface area contributed by atoms with Crippen LogP contribution in [0.4, 0.5) is 5.69 Å². The SMILES string of the molecule is CCOC(=O)C(=O)NCCCCCOc1ccc(N)cc1.CS(=O)(=O)[O-]. The van der Waals surface area contributed by atoms with Crippen LogP contribution in [0, 0.1) is 0 Å². The summed E-state index contributed by atoms with van der Waals surface area (Å²) < 4.78 is 37.3. The molecule has 0 spiro atoms. The Labute approximate surface area is 153 Å². The number of esters is 1. The second kappa shape index (κ2) is 13.0. The van der Waals surface area contributed by atoms with E-state index in [1.54, 1.807) is 19.1 Å². The Morgan fingerprint density at radius 3 is 2.27 bits per heavy atom. The predicted molar refractivity (Wildman–Crippen MR) is 95.5 cm³/mol. The molecular formula is C16H25N2O7S-. The third-order valence-electron chi connectivity index (χ3n) is 2.72. The number of benzene rings is 1. The Kier molecular flexibility index (Phi) is 11.8. The molecule has 0 aliphatic heterocycles. The fourth-order valence-corrected chi connectivity index (χ4v) is 1.63. The number of unbranched alkanes of at least 4 members (excludes halogenated alkanes) is 2. The minimum absolute atomic E-state index is 0.203. The lowest BCUT2D eigenvalue weighted by Gasteiger charge is -2.07. The van der Waals surface area contributed by atoms with E-state index in [1.165, 1.54) is 0 Å². The van der Waals surface area contributed by atoms with E-state index >= 15 is 0 Å². The zero-order valence-corrected chi connectivity index (χ0v) is 15.7. The number of hydrogen-bond acceptors (Lipinski definition) is 8. The third-order valence-corrected chi connectivity index (χ3v) is 2.72. The van der Waals surface area contributed by atoms with Gasteiger partial charge in [-0.15, -0.1) is 0 Å². The number of carbonyl (C=O) groups excluding carboxylic acids is 2. The highest BCUT2D eigenvalue weighted by atomic mass is 32.2. The van der Waals surface area contributed by atoms with Gasteiger partial charge in [0.25, 0.3) is 0 Å². The first-order chi connectivity index (χ1) is 12.1. The van der Waals surface area contributed by atoms with E-state index in [-0.39, 0.29) is 6.61 Å². The first-order valence-electron chi connectivity index (χ1n) is 7.97. The lowest BCUT2D eigenvalue weighted by atomic mass is 10.2. The highest BCUT2D eigenvalue weighted by Crippen LogP contribution is 2.13. The molecule has 148 valence electrons. The second-order valence-electron chi connectivity index (χ2n) is 5.16. The summed E-state index contributed by atoms with van der Waals surface area (Å²) in [4.78, 5) is 22.2. The van der Waals surface area contributed by atoms with Gasteiger partial charge in [-0.1, -0.05) is 0 Å². The molecule has 0 bridgehead atoms. The molecule has 1 rings (SSSR count). The van der Waals surface area contributed by atoms with Crippen molar-refractivity contribution in [2.24, 2.45) is 0 Å². The Balaban J connectivity index is 0.00000110. The van der Waals surface area contributed by atoms with Crippen molar-refractivity contribution in [2.45, 2.75) is 26.2 Å². The Morgan fingerprint density at radius 1 is 1.15 bits per heavy atom. The number of hydrogen-bond donors (Lipinski definition) is 2. The van der Waals surface area contributed by atoms with Crippen LogP contribution in [0.1, 0.15) is 26.2 Å². The third kappa shape index (κ3) is 15.2. The van der Waals surface area contributed by atoms with E-state index in [0.717, 1.165) is 25.0 Å². The van der Waals surface area contributed by atoms with Gasteiger partial charge in [-0.2, -0.15) is 0 Å². The predicted octanol–water partition coefficient (Wildman–Crippen LogP) is 0.659. The average molecular weight is 389 g/mol. The Hall–Kier alpha value is -2.33. The Morgan fingerprint density at radius 2 is 1.73 bits per heavy atom. The molecule has 0 aromatic heterocycles. The van der Waals surface area contributed by atoms with Crippen LogP contribution in [-0.4, -0.2) is 50.9 Å². The van der Waals surface area contributed by atoms with Crippen LogP contribution < -0.4 is 15.8 Å². The van der Waals surface area contributed by atoms with E-state index in [9.17, 15) is 9.59 Å². The highest BCUT2D eigenvalue weighted by Gasteiger charge is 2.12. The average Bonchev–Trinajstić information content (AvgIpc) is 2.54. The number of carbonyl (C=O) groups is 2. The minimum Gasteiger partial charge on any atom is -0.748 e. The van der Waals surface area contributed by atoms with Gasteiger partial charge in [0.05, 0.1) is 23.3 Å². The largest absolute Gasteiger partial charge is 0.748 e. The molecule has 1 aromatic carbocycles. The zero-order valence-electron chi connectivity index (χ0n) is 14.9. The van der Waals surface area contributed by atoms with Gasteiger partial charge >= 0.3 is 11.9 Å². The molecular weight excluding hydrogens is 364 g/mol. The molecule has 9 nitrogen and oxygen atoms in total. The summed E-state index contributed by atoms with van der Waals surface area (Å²) in [5.74, 6) is -0.723. The van der Waals surface area contributed by atoms with Gasteiger partial charge in [-0.3, -0.25) is 4.79 Å². The second-order valence-corrected chi connectivity index (χ2v) is 6.57. The zero-order chi connectivity index (χ0) is 20.0. The van der Waals surface area contributed by atoms with Crippen molar-refractivity contribution in [1.29, 1.82) is 0 Å². The molecule has 0 saturated carbocycles. The number of rotatable bonds is 8. The van der Waals surface area contributed by atoms with Crippen molar-refractivity contribution in [3.05, 3.63) is 24.3 Å². The first kappa shape index (κ1) is 23.7. The maximum absolute atomic E-state index is 11.2. The lowest BCUT2D eigenvalue weighted by Crippen LogP contribution is -2.33. The molecule has 10 heteroatoms. The van der Waals surface area contributed by atoms with Crippen LogP contribution in [0.5, 0.6) is 5.75 Å². The van der Waals surface area contributed by atoms with E-state index in [2.05, 4.69) is 10.1 Å². The van der Waals surface area contributed by atoms with Gasteiger partial charge in [0.2, 0.25) is 0 Å². The van der Waals surface area contributed by atoms with Crippen molar-refractivity contribution in [2.75, 3.05) is 31.7 Å². The maximum atomic E-state index is 11.2. The molecule has 0 fully saturated rings. The summed E-state index contributed by atoms with van der Waals surface area (Å²) >= 11 is 0. The number of nitrogens with one attached hydrogen (secondary N) is 1. The minimum atomic E-state index is -3.92. The van der Waals surface area contributed by atoms with Crippen LogP contribution in [-0.2, 0) is 24.4 Å². The molecule has 0 radical (unpaired) electrons. The molecule has 0 heterocycles. The number of anilines is 1.